The Hall–Kier alpha value is -4.82. The second-order valence-electron chi connectivity index (χ2n) is 10.1. The summed E-state index contributed by atoms with van der Waals surface area (Å²) in [5.41, 5.74) is 7.50. The normalized spacial score (nSPS) is 12.9. The number of aryl methyl sites for hydroxylation is 1. The molecule has 1 aliphatic carbocycles. The van der Waals surface area contributed by atoms with Crippen LogP contribution in [-0.4, -0.2) is 9.97 Å². The van der Waals surface area contributed by atoms with Gasteiger partial charge in [0.1, 0.15) is 0 Å². The van der Waals surface area contributed by atoms with Crippen LogP contribution in [0.25, 0.3) is 71.4 Å². The summed E-state index contributed by atoms with van der Waals surface area (Å²) in [5.74, 6) is 0. The average molecular weight is 485 g/mol. The minimum absolute atomic E-state index is 1.06. The molecule has 8 rings (SSSR count). The van der Waals surface area contributed by atoms with Gasteiger partial charge in [-0.15, -0.1) is 0 Å². The van der Waals surface area contributed by atoms with Crippen LogP contribution in [0.4, 0.5) is 0 Å². The molecule has 2 nitrogen and oxygen atoms in total. The molecule has 0 atom stereocenters. The van der Waals surface area contributed by atoms with E-state index < -0.39 is 0 Å². The standard InChI is InChI=1S/C36H24N2/c1-3-11-31-27(9-1)29-15-13-23(25-7-5-17-37-21-25)19-33(29)36-32-12-4-2-10-28(32)30-16-14-24(20-34(30)35(31)36)26-8-6-18-38-22-26/h1,3-9,11-22H,2,10H2. The third kappa shape index (κ3) is 3.13. The summed E-state index contributed by atoms with van der Waals surface area (Å²) in [6.07, 6.45) is 14.4. The molecule has 2 aromatic heterocycles. The summed E-state index contributed by atoms with van der Waals surface area (Å²) in [6, 6.07) is 31.1. The number of pyridine rings is 2. The Kier molecular flexibility index (Phi) is 4.68. The first kappa shape index (κ1) is 21.3. The van der Waals surface area contributed by atoms with Gasteiger partial charge >= 0.3 is 0 Å². The van der Waals surface area contributed by atoms with Gasteiger partial charge in [-0.2, -0.15) is 0 Å². The Balaban J connectivity index is 1.61. The fourth-order valence-electron chi connectivity index (χ4n) is 6.37. The van der Waals surface area contributed by atoms with Gasteiger partial charge in [0.15, 0.2) is 0 Å². The topological polar surface area (TPSA) is 25.8 Å². The summed E-state index contributed by atoms with van der Waals surface area (Å²) in [4.78, 5) is 8.78. The smallest absolute Gasteiger partial charge is 0.0346 e. The van der Waals surface area contributed by atoms with E-state index in [9.17, 15) is 0 Å². The van der Waals surface area contributed by atoms with Crippen LogP contribution in [0.5, 0.6) is 0 Å². The highest BCUT2D eigenvalue weighted by Crippen LogP contribution is 2.46. The molecule has 0 saturated heterocycles. The maximum atomic E-state index is 4.39. The highest BCUT2D eigenvalue weighted by atomic mass is 14.6. The summed E-state index contributed by atoms with van der Waals surface area (Å²) in [7, 11) is 0. The van der Waals surface area contributed by atoms with Crippen molar-refractivity contribution in [2.24, 2.45) is 0 Å². The van der Waals surface area contributed by atoms with Crippen molar-refractivity contribution in [1.82, 2.24) is 9.97 Å². The first-order valence-electron chi connectivity index (χ1n) is 13.2. The van der Waals surface area contributed by atoms with E-state index in [2.05, 4.69) is 94.9 Å². The quantitative estimate of drug-likeness (QED) is 0.228. The molecule has 0 amide bonds. The third-order valence-corrected chi connectivity index (χ3v) is 8.07. The highest BCUT2D eigenvalue weighted by molar-refractivity contribution is 6.34. The molecule has 0 N–H and O–H groups in total. The number of benzene rings is 5. The van der Waals surface area contributed by atoms with E-state index in [4.69, 9.17) is 0 Å². The Morgan fingerprint density at radius 3 is 1.82 bits per heavy atom. The molecule has 0 fully saturated rings. The molecule has 0 spiro atoms. The lowest BCUT2D eigenvalue weighted by atomic mass is 9.81. The molecule has 0 radical (unpaired) electrons. The maximum Gasteiger partial charge on any atom is 0.0346 e. The van der Waals surface area contributed by atoms with Gasteiger partial charge in [-0.1, -0.05) is 72.8 Å². The van der Waals surface area contributed by atoms with E-state index in [1.165, 1.54) is 65.3 Å². The van der Waals surface area contributed by atoms with E-state index in [1.54, 1.807) is 0 Å². The van der Waals surface area contributed by atoms with Crippen molar-refractivity contribution in [1.29, 1.82) is 0 Å². The largest absolute Gasteiger partial charge is 0.264 e. The molecule has 7 aromatic rings. The minimum atomic E-state index is 1.06. The van der Waals surface area contributed by atoms with Crippen molar-refractivity contribution < 1.29 is 0 Å². The zero-order valence-electron chi connectivity index (χ0n) is 20.9. The fourth-order valence-corrected chi connectivity index (χ4v) is 6.37. The predicted molar refractivity (Wildman–Crippen MR) is 160 cm³/mol. The van der Waals surface area contributed by atoms with Gasteiger partial charge in [-0.25, -0.2) is 0 Å². The summed E-state index contributed by atoms with van der Waals surface area (Å²) in [6.45, 7) is 0. The number of allylic oxidation sites excluding steroid dienone is 1. The summed E-state index contributed by atoms with van der Waals surface area (Å²) < 4.78 is 0. The van der Waals surface area contributed by atoms with Crippen molar-refractivity contribution in [2.75, 3.05) is 0 Å². The summed E-state index contributed by atoms with van der Waals surface area (Å²) >= 11 is 0. The number of aromatic nitrogens is 2. The Morgan fingerprint density at radius 2 is 1.13 bits per heavy atom. The molecular weight excluding hydrogens is 460 g/mol. The van der Waals surface area contributed by atoms with Crippen molar-refractivity contribution in [3.05, 3.63) is 127 Å². The second kappa shape index (κ2) is 8.36. The van der Waals surface area contributed by atoms with Crippen LogP contribution in [0.15, 0.2) is 116 Å². The second-order valence-corrected chi connectivity index (χ2v) is 10.1. The van der Waals surface area contributed by atoms with Crippen LogP contribution in [0.2, 0.25) is 0 Å². The number of rotatable bonds is 2. The molecule has 2 heteroatoms. The van der Waals surface area contributed by atoms with Crippen LogP contribution in [0.1, 0.15) is 17.5 Å². The van der Waals surface area contributed by atoms with E-state index >= 15 is 0 Å². The van der Waals surface area contributed by atoms with Crippen molar-refractivity contribution in [3.8, 4) is 22.3 Å². The predicted octanol–water partition coefficient (Wildman–Crippen LogP) is 9.38. The van der Waals surface area contributed by atoms with Crippen molar-refractivity contribution in [3.63, 3.8) is 0 Å². The van der Waals surface area contributed by atoms with Crippen LogP contribution in [-0.2, 0) is 6.42 Å². The molecule has 178 valence electrons. The lowest BCUT2D eigenvalue weighted by Gasteiger charge is -2.22. The Morgan fingerprint density at radius 1 is 0.500 bits per heavy atom. The Labute approximate surface area is 220 Å². The van der Waals surface area contributed by atoms with Gasteiger partial charge in [0.25, 0.3) is 0 Å². The van der Waals surface area contributed by atoms with Crippen molar-refractivity contribution in [2.45, 2.75) is 12.8 Å². The van der Waals surface area contributed by atoms with E-state index in [1.807, 2.05) is 36.9 Å². The third-order valence-electron chi connectivity index (χ3n) is 8.07. The number of nitrogens with zero attached hydrogens (tertiary/aromatic N) is 2. The van der Waals surface area contributed by atoms with Gasteiger partial charge in [0.05, 0.1) is 0 Å². The van der Waals surface area contributed by atoms with Gasteiger partial charge in [0, 0.05) is 35.9 Å². The SMILES string of the molecule is C1=Cc2c(c3ccc(-c4cccnc4)cc3c3c4ccccc4c4ccc(-c5cccnc5)cc4c23)CC1. The molecule has 38 heavy (non-hydrogen) atoms. The molecule has 1 aliphatic rings. The van der Waals surface area contributed by atoms with E-state index in [0.29, 0.717) is 0 Å². The molecule has 2 heterocycles. The fraction of sp³-hybridized carbons (Fsp3) is 0.0556. The number of hydrogen-bond acceptors (Lipinski definition) is 2. The maximum absolute atomic E-state index is 4.39. The minimum Gasteiger partial charge on any atom is -0.264 e. The van der Waals surface area contributed by atoms with Gasteiger partial charge in [-0.3, -0.25) is 9.97 Å². The molecule has 5 aromatic carbocycles. The molecule has 0 bridgehead atoms. The monoisotopic (exact) mass is 484 g/mol. The Bertz CT molecular complexity index is 2060. The summed E-state index contributed by atoms with van der Waals surface area (Å²) in [5, 5.41) is 10.6. The molecule has 0 unspecified atom stereocenters. The van der Waals surface area contributed by atoms with Crippen LogP contribution >= 0.6 is 0 Å². The number of hydrogen-bond donors (Lipinski definition) is 0. The zero-order chi connectivity index (χ0) is 25.1. The van der Waals surface area contributed by atoms with E-state index in [0.717, 1.165) is 24.0 Å². The molecule has 0 aliphatic heterocycles. The van der Waals surface area contributed by atoms with E-state index in [-0.39, 0.29) is 0 Å². The van der Waals surface area contributed by atoms with Crippen LogP contribution in [0.3, 0.4) is 0 Å². The van der Waals surface area contributed by atoms with Gasteiger partial charge in [-0.05, 0) is 102 Å². The highest BCUT2D eigenvalue weighted by Gasteiger charge is 2.20. The van der Waals surface area contributed by atoms with Crippen LogP contribution in [0, 0.1) is 0 Å². The van der Waals surface area contributed by atoms with Gasteiger partial charge < -0.3 is 0 Å². The molecular formula is C36H24N2. The lowest BCUT2D eigenvalue weighted by Crippen LogP contribution is -1.99. The molecule has 0 saturated carbocycles. The lowest BCUT2D eigenvalue weighted by molar-refractivity contribution is 1.00. The van der Waals surface area contributed by atoms with Crippen molar-refractivity contribution >= 4 is 49.2 Å². The average Bonchev–Trinajstić information content (AvgIpc) is 3.01. The first-order valence-corrected chi connectivity index (χ1v) is 13.2. The first-order chi connectivity index (χ1) is 18.9. The van der Waals surface area contributed by atoms with Crippen LogP contribution < -0.4 is 0 Å². The van der Waals surface area contributed by atoms with Gasteiger partial charge in [0.2, 0.25) is 0 Å². The zero-order valence-corrected chi connectivity index (χ0v) is 20.9. The number of fused-ring (bicyclic) bond motifs is 11.